The first-order valence-corrected chi connectivity index (χ1v) is 10.9. The van der Waals surface area contributed by atoms with Gasteiger partial charge < -0.3 is 4.90 Å². The lowest BCUT2D eigenvalue weighted by Crippen LogP contribution is -2.45. The van der Waals surface area contributed by atoms with Crippen molar-refractivity contribution in [1.29, 1.82) is 5.26 Å². The molecule has 6 nitrogen and oxygen atoms in total. The zero-order valence-corrected chi connectivity index (χ0v) is 18.4. The first kappa shape index (κ1) is 21.7. The highest BCUT2D eigenvalue weighted by Crippen LogP contribution is 2.34. The molecule has 27 heavy (non-hydrogen) atoms. The third-order valence-corrected chi connectivity index (χ3v) is 6.24. The summed E-state index contributed by atoms with van der Waals surface area (Å²) in [5.74, 6) is -0.171. The lowest BCUT2D eigenvalue weighted by atomic mass is 10.0. The highest BCUT2D eigenvalue weighted by molar-refractivity contribution is 8.14. The van der Waals surface area contributed by atoms with Gasteiger partial charge in [-0.3, -0.25) is 14.5 Å². The Labute approximate surface area is 173 Å². The minimum Gasteiger partial charge on any atom is -0.334 e. The molecule has 1 aliphatic rings. The molecule has 144 valence electrons. The van der Waals surface area contributed by atoms with E-state index >= 15 is 0 Å². The number of thioether (sulfide) groups is 2. The molecule has 0 radical (unpaired) electrons. The van der Waals surface area contributed by atoms with Crippen LogP contribution in [0.3, 0.4) is 0 Å². The van der Waals surface area contributed by atoms with Gasteiger partial charge >= 0.3 is 0 Å². The number of rotatable bonds is 6. The van der Waals surface area contributed by atoms with Crippen LogP contribution in [0, 0.1) is 11.3 Å². The van der Waals surface area contributed by atoms with Crippen LogP contribution in [0.25, 0.3) is 0 Å². The fraction of sp³-hybridized carbons (Fsp3) is 0.500. The Morgan fingerprint density at radius 1 is 1.44 bits per heavy atom. The monoisotopic (exact) mass is 422 g/mol. The maximum Gasteiger partial charge on any atom is 0.258 e. The Hall–Kier alpha value is -1.63. The van der Waals surface area contributed by atoms with Gasteiger partial charge in [0.2, 0.25) is 0 Å². The number of thiocarbonyl (C=S) groups is 1. The van der Waals surface area contributed by atoms with Crippen molar-refractivity contribution in [2.24, 2.45) is 0 Å². The van der Waals surface area contributed by atoms with E-state index in [9.17, 15) is 9.59 Å². The van der Waals surface area contributed by atoms with Gasteiger partial charge in [0.1, 0.15) is 11.6 Å². The number of nitrogens with zero attached hydrogens (tertiary/aromatic N) is 4. The van der Waals surface area contributed by atoms with Crippen molar-refractivity contribution in [2.45, 2.75) is 49.8 Å². The van der Waals surface area contributed by atoms with E-state index in [1.807, 2.05) is 26.2 Å². The van der Waals surface area contributed by atoms with Crippen LogP contribution in [0.5, 0.6) is 0 Å². The predicted octanol–water partition coefficient (Wildman–Crippen LogP) is 3.45. The summed E-state index contributed by atoms with van der Waals surface area (Å²) >= 11 is 8.25. The molecular formula is C18H22N4O2S3. The molecule has 0 bridgehead atoms. The summed E-state index contributed by atoms with van der Waals surface area (Å²) in [6.07, 6.45) is 3.65. The van der Waals surface area contributed by atoms with E-state index < -0.39 is 5.54 Å². The molecule has 0 atom stereocenters. The predicted molar refractivity (Wildman–Crippen MR) is 114 cm³/mol. The normalized spacial score (nSPS) is 16.2. The number of aromatic nitrogens is 1. The molecule has 2 rings (SSSR count). The average Bonchev–Trinajstić information content (AvgIpc) is 2.77. The highest BCUT2D eigenvalue weighted by Gasteiger charge is 2.49. The second-order valence-electron chi connectivity index (χ2n) is 6.78. The van der Waals surface area contributed by atoms with Crippen molar-refractivity contribution < 1.29 is 9.59 Å². The Bertz CT molecular complexity index is 817. The molecule has 1 fully saturated rings. The molecule has 1 aliphatic heterocycles. The molecule has 9 heteroatoms. The van der Waals surface area contributed by atoms with Crippen molar-refractivity contribution in [3.05, 3.63) is 18.0 Å². The van der Waals surface area contributed by atoms with Crippen LogP contribution in [0.15, 0.2) is 17.2 Å². The minimum absolute atomic E-state index is 0.0826. The lowest BCUT2D eigenvalue weighted by molar-refractivity contribution is -0.123. The fourth-order valence-electron chi connectivity index (χ4n) is 2.76. The number of carbonyl (C=O) groups excluding carboxylic acids is 2. The van der Waals surface area contributed by atoms with Crippen LogP contribution in [0.4, 0.5) is 5.69 Å². The Kier molecular flexibility index (Phi) is 6.89. The first-order valence-electron chi connectivity index (χ1n) is 8.43. The van der Waals surface area contributed by atoms with Crippen LogP contribution < -0.4 is 4.90 Å². The minimum atomic E-state index is -0.854. The Morgan fingerprint density at radius 3 is 2.67 bits per heavy atom. The number of hydrogen-bond acceptors (Lipinski definition) is 7. The molecule has 2 heterocycles. The highest BCUT2D eigenvalue weighted by atomic mass is 32.2. The molecule has 0 N–H and O–H groups in total. The topological polar surface area (TPSA) is 77.3 Å². The average molecular weight is 423 g/mol. The van der Waals surface area contributed by atoms with Crippen LogP contribution in [0.2, 0.25) is 0 Å². The van der Waals surface area contributed by atoms with E-state index in [1.54, 1.807) is 24.8 Å². The van der Waals surface area contributed by atoms with Crippen LogP contribution in [-0.4, -0.2) is 49.6 Å². The summed E-state index contributed by atoms with van der Waals surface area (Å²) in [4.78, 5) is 33.2. The molecule has 0 spiro atoms. The van der Waals surface area contributed by atoms with Gasteiger partial charge in [0.05, 0.1) is 11.9 Å². The van der Waals surface area contributed by atoms with Crippen LogP contribution in [-0.2, 0) is 9.59 Å². The molecule has 1 amide bonds. The third-order valence-electron chi connectivity index (χ3n) is 4.15. The van der Waals surface area contributed by atoms with Gasteiger partial charge in [-0.1, -0.05) is 25.6 Å². The Morgan fingerprint density at radius 2 is 2.11 bits per heavy atom. The van der Waals surface area contributed by atoms with Crippen molar-refractivity contribution in [3.63, 3.8) is 0 Å². The van der Waals surface area contributed by atoms with E-state index in [2.05, 4.69) is 4.98 Å². The summed E-state index contributed by atoms with van der Waals surface area (Å²) in [5.41, 5.74) is -0.00385. The van der Waals surface area contributed by atoms with Gasteiger partial charge in [-0.25, -0.2) is 4.98 Å². The van der Waals surface area contributed by atoms with Crippen LogP contribution in [0.1, 0.15) is 39.8 Å². The van der Waals surface area contributed by atoms with E-state index in [4.69, 9.17) is 17.5 Å². The standard InChI is InChI=1S/C18H22N4O2S3/c1-11(2)27-15(23)6-7-21-17(25)22(16(24)18(21,3)4)12-8-14(26-5)13(9-19)20-10-12/h8,10-11H,6-7H2,1-5H3. The SMILES string of the molecule is CSc1cc(N2C(=O)C(C)(C)N(CCC(=O)SC(C)C)C2=S)cnc1C#N. The van der Waals surface area contributed by atoms with Crippen molar-refractivity contribution in [3.8, 4) is 6.07 Å². The fourth-order valence-corrected chi connectivity index (χ4v) is 4.53. The molecule has 1 aromatic rings. The quantitative estimate of drug-likeness (QED) is 0.510. The molecule has 0 unspecified atom stereocenters. The zero-order chi connectivity index (χ0) is 20.4. The number of carbonyl (C=O) groups is 2. The van der Waals surface area contributed by atoms with Crippen molar-refractivity contribution in [2.75, 3.05) is 17.7 Å². The third kappa shape index (κ3) is 4.45. The molecule has 0 saturated carbocycles. The van der Waals surface area contributed by atoms with E-state index in [0.29, 0.717) is 34.4 Å². The molecule has 1 saturated heterocycles. The summed E-state index contributed by atoms with van der Waals surface area (Å²) in [6, 6.07) is 3.79. The Balaban J connectivity index is 2.28. The van der Waals surface area contributed by atoms with Gasteiger partial charge in [-0.05, 0) is 38.4 Å². The van der Waals surface area contributed by atoms with Gasteiger partial charge in [-0.15, -0.1) is 11.8 Å². The summed E-state index contributed by atoms with van der Waals surface area (Å²) < 4.78 is 0. The van der Waals surface area contributed by atoms with Crippen LogP contribution >= 0.6 is 35.7 Å². The van der Waals surface area contributed by atoms with Gasteiger partial charge in [0, 0.05) is 23.1 Å². The molecule has 1 aromatic heterocycles. The summed E-state index contributed by atoms with van der Waals surface area (Å²) in [6.45, 7) is 7.92. The summed E-state index contributed by atoms with van der Waals surface area (Å²) in [7, 11) is 0. The number of nitriles is 1. The lowest BCUT2D eigenvalue weighted by Gasteiger charge is -2.29. The first-order chi connectivity index (χ1) is 12.6. The maximum absolute atomic E-state index is 13.0. The number of amides is 1. The van der Waals surface area contributed by atoms with Crippen molar-refractivity contribution >= 4 is 57.6 Å². The molecule has 0 aromatic carbocycles. The number of hydrogen-bond donors (Lipinski definition) is 0. The maximum atomic E-state index is 13.0. The largest absolute Gasteiger partial charge is 0.334 e. The zero-order valence-electron chi connectivity index (χ0n) is 16.0. The smallest absolute Gasteiger partial charge is 0.258 e. The number of pyridine rings is 1. The van der Waals surface area contributed by atoms with E-state index in [0.717, 1.165) is 0 Å². The van der Waals surface area contributed by atoms with E-state index in [1.165, 1.54) is 34.6 Å². The molecular weight excluding hydrogens is 400 g/mol. The number of anilines is 1. The van der Waals surface area contributed by atoms with Gasteiger partial charge in [0.25, 0.3) is 5.91 Å². The van der Waals surface area contributed by atoms with Gasteiger partial charge in [0.15, 0.2) is 15.9 Å². The molecule has 0 aliphatic carbocycles. The van der Waals surface area contributed by atoms with Gasteiger partial charge in [-0.2, -0.15) is 5.26 Å². The van der Waals surface area contributed by atoms with E-state index in [-0.39, 0.29) is 16.3 Å². The van der Waals surface area contributed by atoms with Crippen molar-refractivity contribution in [1.82, 2.24) is 9.88 Å². The second kappa shape index (κ2) is 8.59. The summed E-state index contributed by atoms with van der Waals surface area (Å²) in [5, 5.41) is 9.81. The second-order valence-corrected chi connectivity index (χ2v) is 9.63.